The quantitative estimate of drug-likeness (QED) is 0.614. The zero-order valence-electron chi connectivity index (χ0n) is 13.8. The van der Waals surface area contributed by atoms with E-state index in [0.29, 0.717) is 12.0 Å². The second-order valence-electron chi connectivity index (χ2n) is 5.77. The van der Waals surface area contributed by atoms with E-state index in [9.17, 15) is 19.7 Å². The summed E-state index contributed by atoms with van der Waals surface area (Å²) in [5, 5.41) is 20.2. The van der Waals surface area contributed by atoms with E-state index in [1.54, 1.807) is 13.0 Å². The Morgan fingerprint density at radius 2 is 1.91 bits per heavy atom. The van der Waals surface area contributed by atoms with Crippen LogP contribution in [0.3, 0.4) is 0 Å². The molecule has 1 atom stereocenters. The van der Waals surface area contributed by atoms with Gasteiger partial charge in [-0.3, -0.25) is 19.7 Å². The fraction of sp³-hybridized carbons (Fsp3) is 0.500. The summed E-state index contributed by atoms with van der Waals surface area (Å²) in [5.41, 5.74) is 0.549. The summed E-state index contributed by atoms with van der Waals surface area (Å²) in [6.07, 6.45) is 0.588. The number of aliphatic carboxylic acids is 1. The second-order valence-corrected chi connectivity index (χ2v) is 5.77. The number of rotatable bonds is 7. The highest BCUT2D eigenvalue weighted by molar-refractivity contribution is 5.96. The van der Waals surface area contributed by atoms with Crippen molar-refractivity contribution in [3.05, 3.63) is 39.4 Å². The van der Waals surface area contributed by atoms with E-state index in [2.05, 4.69) is 0 Å². The molecule has 1 amide bonds. The van der Waals surface area contributed by atoms with Crippen molar-refractivity contribution in [1.29, 1.82) is 0 Å². The van der Waals surface area contributed by atoms with E-state index in [4.69, 9.17) is 5.11 Å². The van der Waals surface area contributed by atoms with Gasteiger partial charge in [-0.2, -0.15) is 0 Å². The van der Waals surface area contributed by atoms with Crippen LogP contribution in [0.25, 0.3) is 0 Å². The van der Waals surface area contributed by atoms with Crippen molar-refractivity contribution < 1.29 is 19.6 Å². The topological polar surface area (TPSA) is 101 Å². The molecular weight excluding hydrogens is 300 g/mol. The van der Waals surface area contributed by atoms with Gasteiger partial charge in [-0.15, -0.1) is 0 Å². The van der Waals surface area contributed by atoms with Crippen molar-refractivity contribution in [3.8, 4) is 0 Å². The molecule has 0 spiro atoms. The van der Waals surface area contributed by atoms with Crippen molar-refractivity contribution in [3.63, 3.8) is 0 Å². The maximum absolute atomic E-state index is 12.6. The smallest absolute Gasteiger partial charge is 0.323 e. The van der Waals surface area contributed by atoms with Gasteiger partial charge in [-0.25, -0.2) is 0 Å². The van der Waals surface area contributed by atoms with E-state index < -0.39 is 23.3 Å². The number of carbonyl (C=O) groups excluding carboxylic acids is 1. The number of carbonyl (C=O) groups is 2. The molecule has 23 heavy (non-hydrogen) atoms. The minimum absolute atomic E-state index is 0.0516. The number of amides is 1. The van der Waals surface area contributed by atoms with Gasteiger partial charge in [0, 0.05) is 23.2 Å². The lowest BCUT2D eigenvalue weighted by Gasteiger charge is -2.27. The Hall–Kier alpha value is -2.44. The molecule has 1 N–H and O–H groups in total. The molecule has 1 aromatic rings. The number of carboxylic acid groups (broad SMARTS) is 1. The third kappa shape index (κ3) is 4.51. The molecule has 7 nitrogen and oxygen atoms in total. The highest BCUT2D eigenvalue weighted by Gasteiger charge is 2.26. The molecule has 0 saturated carbocycles. The highest BCUT2D eigenvalue weighted by Crippen LogP contribution is 2.28. The molecule has 7 heteroatoms. The van der Waals surface area contributed by atoms with Crippen LogP contribution < -0.4 is 0 Å². The average molecular weight is 322 g/mol. The fourth-order valence-electron chi connectivity index (χ4n) is 2.28. The lowest BCUT2D eigenvalue weighted by molar-refractivity contribution is -0.385. The van der Waals surface area contributed by atoms with Gasteiger partial charge in [0.2, 0.25) is 0 Å². The Kier molecular flexibility index (Phi) is 6.24. The molecule has 0 saturated heterocycles. The van der Waals surface area contributed by atoms with Crippen LogP contribution in [-0.4, -0.2) is 39.4 Å². The molecule has 126 valence electrons. The fourth-order valence-corrected chi connectivity index (χ4v) is 2.28. The van der Waals surface area contributed by atoms with Crippen LogP contribution in [0, 0.1) is 10.1 Å². The van der Waals surface area contributed by atoms with E-state index >= 15 is 0 Å². The highest BCUT2D eigenvalue weighted by atomic mass is 16.6. The van der Waals surface area contributed by atoms with Crippen LogP contribution in [0.1, 0.15) is 56.0 Å². The maximum Gasteiger partial charge on any atom is 0.323 e. The summed E-state index contributed by atoms with van der Waals surface area (Å²) in [4.78, 5) is 35.5. The van der Waals surface area contributed by atoms with Gasteiger partial charge in [0.05, 0.1) is 4.92 Å². The van der Waals surface area contributed by atoms with Crippen LogP contribution in [0.2, 0.25) is 0 Å². The van der Waals surface area contributed by atoms with E-state index in [1.807, 2.05) is 20.8 Å². The van der Waals surface area contributed by atoms with Crippen molar-refractivity contribution in [2.75, 3.05) is 6.54 Å². The number of nitrogens with zero attached hydrogens (tertiary/aromatic N) is 2. The lowest BCUT2D eigenvalue weighted by Crippen LogP contribution is -2.41. The third-order valence-corrected chi connectivity index (χ3v) is 3.79. The number of hydrogen-bond donors (Lipinski definition) is 1. The van der Waals surface area contributed by atoms with E-state index in [1.165, 1.54) is 17.0 Å². The van der Waals surface area contributed by atoms with Crippen LogP contribution in [0.4, 0.5) is 5.69 Å². The monoisotopic (exact) mass is 322 g/mol. The molecule has 0 aliphatic rings. The molecular formula is C16H22N2O5. The molecule has 0 radical (unpaired) electrons. The predicted octanol–water partition coefficient (Wildman–Crippen LogP) is 3.04. The van der Waals surface area contributed by atoms with Crippen molar-refractivity contribution in [1.82, 2.24) is 4.90 Å². The summed E-state index contributed by atoms with van der Waals surface area (Å²) in [7, 11) is 0. The second kappa shape index (κ2) is 7.71. The minimum atomic E-state index is -1.12. The first-order chi connectivity index (χ1) is 10.7. The predicted molar refractivity (Wildman–Crippen MR) is 85.6 cm³/mol. The Morgan fingerprint density at radius 1 is 1.30 bits per heavy atom. The molecule has 0 fully saturated rings. The van der Waals surface area contributed by atoms with E-state index in [-0.39, 0.29) is 23.2 Å². The van der Waals surface area contributed by atoms with Crippen molar-refractivity contribution in [2.24, 2.45) is 0 Å². The standard InChI is InChI=1S/C16H22N2O5/c1-5-11(4)17(9-15(19)20)16(21)12-6-7-13(10(2)3)14(8-12)18(22)23/h6-8,10-11H,5,9H2,1-4H3,(H,19,20). The van der Waals surface area contributed by atoms with Gasteiger partial charge in [-0.1, -0.05) is 26.8 Å². The Morgan fingerprint density at radius 3 is 2.35 bits per heavy atom. The van der Waals surface area contributed by atoms with Gasteiger partial charge in [0.1, 0.15) is 6.54 Å². The third-order valence-electron chi connectivity index (χ3n) is 3.79. The van der Waals surface area contributed by atoms with Crippen molar-refractivity contribution >= 4 is 17.6 Å². The number of hydrogen-bond acceptors (Lipinski definition) is 4. The largest absolute Gasteiger partial charge is 0.480 e. The van der Waals surface area contributed by atoms with E-state index in [0.717, 1.165) is 0 Å². The Bertz CT molecular complexity index is 612. The van der Waals surface area contributed by atoms with Gasteiger partial charge in [0.15, 0.2) is 0 Å². The molecule has 0 bridgehead atoms. The summed E-state index contributed by atoms with van der Waals surface area (Å²) >= 11 is 0. The zero-order chi connectivity index (χ0) is 17.7. The average Bonchev–Trinajstić information content (AvgIpc) is 2.50. The van der Waals surface area contributed by atoms with Gasteiger partial charge in [0.25, 0.3) is 11.6 Å². The normalized spacial score (nSPS) is 12.0. The molecule has 0 aliphatic carbocycles. The molecule has 0 heterocycles. The SMILES string of the molecule is CCC(C)N(CC(=O)O)C(=O)c1ccc(C(C)C)c([N+](=O)[O-])c1. The minimum Gasteiger partial charge on any atom is -0.480 e. The van der Waals surface area contributed by atoms with Gasteiger partial charge in [-0.05, 0) is 25.3 Å². The first-order valence-electron chi connectivity index (χ1n) is 7.50. The van der Waals surface area contributed by atoms with Crippen LogP contribution in [0.5, 0.6) is 0 Å². The summed E-state index contributed by atoms with van der Waals surface area (Å²) in [5.74, 6) is -1.68. The summed E-state index contributed by atoms with van der Waals surface area (Å²) < 4.78 is 0. The van der Waals surface area contributed by atoms with Crippen LogP contribution in [-0.2, 0) is 4.79 Å². The first-order valence-corrected chi connectivity index (χ1v) is 7.50. The zero-order valence-corrected chi connectivity index (χ0v) is 13.8. The van der Waals surface area contributed by atoms with Crippen LogP contribution >= 0.6 is 0 Å². The molecule has 1 unspecified atom stereocenters. The number of carboxylic acids is 1. The first kappa shape index (κ1) is 18.6. The Labute approximate surface area is 135 Å². The van der Waals surface area contributed by atoms with Gasteiger partial charge >= 0.3 is 5.97 Å². The summed E-state index contributed by atoms with van der Waals surface area (Å²) in [6.45, 7) is 6.82. The molecule has 1 rings (SSSR count). The number of nitro benzene ring substituents is 1. The van der Waals surface area contributed by atoms with Crippen LogP contribution in [0.15, 0.2) is 18.2 Å². The summed E-state index contributed by atoms with van der Waals surface area (Å²) in [6, 6.07) is 4.03. The van der Waals surface area contributed by atoms with Gasteiger partial charge < -0.3 is 10.0 Å². The molecule has 1 aromatic carbocycles. The number of benzene rings is 1. The molecule has 0 aromatic heterocycles. The number of nitro groups is 1. The maximum atomic E-state index is 12.6. The van der Waals surface area contributed by atoms with Crippen molar-refractivity contribution in [2.45, 2.75) is 46.1 Å². The molecule has 0 aliphatic heterocycles. The lowest BCUT2D eigenvalue weighted by atomic mass is 9.98. The Balaban J connectivity index is 3.27.